The van der Waals surface area contributed by atoms with Crippen molar-refractivity contribution in [3.05, 3.63) is 58.6 Å². The number of nitrogens with two attached hydrogens (primary N) is 1. The Bertz CT molecular complexity index is 754. The summed E-state index contributed by atoms with van der Waals surface area (Å²) in [7, 11) is -3.67. The van der Waals surface area contributed by atoms with Gasteiger partial charge >= 0.3 is 0 Å². The monoisotopic (exact) mass is 367 g/mol. The number of sulfonamides is 1. The first kappa shape index (κ1) is 15.5. The van der Waals surface area contributed by atoms with Crippen molar-refractivity contribution >= 4 is 37.4 Å². The zero-order chi connectivity index (χ0) is 15.5. The number of hydrogen-bond donors (Lipinski definition) is 2. The van der Waals surface area contributed by atoms with Gasteiger partial charge in [0, 0.05) is 10.2 Å². The lowest BCUT2D eigenvalue weighted by molar-refractivity contribution is 0.584. The maximum atomic E-state index is 12.1. The molecule has 0 unspecified atom stereocenters. The molecule has 21 heavy (non-hydrogen) atoms. The van der Waals surface area contributed by atoms with Crippen molar-refractivity contribution in [3.63, 3.8) is 0 Å². The van der Waals surface area contributed by atoms with Crippen LogP contribution in [0.15, 0.2) is 63.0 Å². The van der Waals surface area contributed by atoms with Crippen LogP contribution in [0.3, 0.4) is 0 Å². The third kappa shape index (κ3) is 4.05. The molecule has 0 fully saturated rings. The predicted molar refractivity (Wildman–Crippen MR) is 87.5 cm³/mol. The minimum Gasteiger partial charge on any atom is -0.399 e. The van der Waals surface area contributed by atoms with E-state index in [-0.39, 0.29) is 4.90 Å². The lowest BCUT2D eigenvalue weighted by Crippen LogP contribution is -2.19. The summed E-state index contributed by atoms with van der Waals surface area (Å²) in [6, 6.07) is 13.3. The number of nitrogens with one attached hydrogen (secondary N) is 1. The van der Waals surface area contributed by atoms with E-state index in [1.165, 1.54) is 12.1 Å². The van der Waals surface area contributed by atoms with Gasteiger partial charge < -0.3 is 5.73 Å². The third-order valence-electron chi connectivity index (χ3n) is 2.79. The molecule has 0 spiro atoms. The van der Waals surface area contributed by atoms with Crippen LogP contribution < -0.4 is 10.6 Å². The standard InChI is InChI=1S/C14H14BrN3O2S/c1-10(11-2-6-13(16)7-3-11)17-18-21(19,20)14-8-4-12(15)5-9-14/h2-9,18H,16H2,1H3/b17-10+. The van der Waals surface area contributed by atoms with E-state index in [4.69, 9.17) is 5.73 Å². The summed E-state index contributed by atoms with van der Waals surface area (Å²) >= 11 is 3.26. The number of rotatable bonds is 4. The van der Waals surface area contributed by atoms with Crippen LogP contribution in [0, 0.1) is 0 Å². The quantitative estimate of drug-likeness (QED) is 0.494. The van der Waals surface area contributed by atoms with Crippen LogP contribution in [0.5, 0.6) is 0 Å². The Morgan fingerprint density at radius 2 is 1.67 bits per heavy atom. The van der Waals surface area contributed by atoms with E-state index < -0.39 is 10.0 Å². The molecular weight excluding hydrogens is 354 g/mol. The van der Waals surface area contributed by atoms with Crippen LogP contribution in [-0.2, 0) is 10.0 Å². The molecule has 0 aliphatic carbocycles. The maximum Gasteiger partial charge on any atom is 0.276 e. The molecule has 0 amide bonds. The van der Waals surface area contributed by atoms with Gasteiger partial charge in [-0.15, -0.1) is 0 Å². The summed E-state index contributed by atoms with van der Waals surface area (Å²) in [5, 5.41) is 3.92. The highest BCUT2D eigenvalue weighted by molar-refractivity contribution is 9.10. The summed E-state index contributed by atoms with van der Waals surface area (Å²) in [6.07, 6.45) is 0. The average molecular weight is 368 g/mol. The fourth-order valence-corrected chi connectivity index (χ4v) is 2.71. The second kappa shape index (κ2) is 6.28. The van der Waals surface area contributed by atoms with E-state index in [9.17, 15) is 8.42 Å². The van der Waals surface area contributed by atoms with Crippen molar-refractivity contribution in [2.24, 2.45) is 5.10 Å². The van der Waals surface area contributed by atoms with E-state index in [0.29, 0.717) is 11.4 Å². The van der Waals surface area contributed by atoms with Gasteiger partial charge in [0.2, 0.25) is 0 Å². The van der Waals surface area contributed by atoms with Crippen LogP contribution >= 0.6 is 15.9 Å². The molecule has 3 N–H and O–H groups in total. The minimum absolute atomic E-state index is 0.152. The van der Waals surface area contributed by atoms with Crippen LogP contribution in [0.2, 0.25) is 0 Å². The number of halogens is 1. The molecule has 0 heterocycles. The fraction of sp³-hybridized carbons (Fsp3) is 0.0714. The number of nitrogens with zero attached hydrogens (tertiary/aromatic N) is 1. The number of hydrazone groups is 1. The molecule has 110 valence electrons. The van der Waals surface area contributed by atoms with Gasteiger partial charge in [0.1, 0.15) is 0 Å². The van der Waals surface area contributed by atoms with Crippen molar-refractivity contribution in [1.29, 1.82) is 0 Å². The van der Waals surface area contributed by atoms with Crippen LogP contribution in [-0.4, -0.2) is 14.1 Å². The van der Waals surface area contributed by atoms with E-state index in [0.717, 1.165) is 10.0 Å². The molecule has 5 nitrogen and oxygen atoms in total. The van der Waals surface area contributed by atoms with Crippen LogP contribution in [0.1, 0.15) is 12.5 Å². The maximum absolute atomic E-state index is 12.1. The SMILES string of the molecule is C/C(=N\NS(=O)(=O)c1ccc(Br)cc1)c1ccc(N)cc1. The number of hydrogen-bond acceptors (Lipinski definition) is 4. The van der Waals surface area contributed by atoms with Gasteiger partial charge in [-0.25, -0.2) is 0 Å². The van der Waals surface area contributed by atoms with Gasteiger partial charge in [-0.1, -0.05) is 28.1 Å². The summed E-state index contributed by atoms with van der Waals surface area (Å²) in [5.74, 6) is 0. The Labute approximate surface area is 132 Å². The molecule has 2 aromatic carbocycles. The van der Waals surface area contributed by atoms with Crippen molar-refractivity contribution in [1.82, 2.24) is 4.83 Å². The fourth-order valence-electron chi connectivity index (χ4n) is 1.58. The Kier molecular flexibility index (Phi) is 4.64. The van der Waals surface area contributed by atoms with Crippen LogP contribution in [0.25, 0.3) is 0 Å². The molecular formula is C14H14BrN3O2S. The highest BCUT2D eigenvalue weighted by Gasteiger charge is 2.12. The second-order valence-corrected chi connectivity index (χ2v) is 6.94. The van der Waals surface area contributed by atoms with Crippen molar-refractivity contribution in [2.45, 2.75) is 11.8 Å². The van der Waals surface area contributed by atoms with Gasteiger partial charge in [-0.2, -0.15) is 18.4 Å². The smallest absolute Gasteiger partial charge is 0.276 e. The summed E-state index contributed by atoms with van der Waals surface area (Å²) in [6.45, 7) is 1.72. The molecule has 0 atom stereocenters. The van der Waals surface area contributed by atoms with Gasteiger partial charge in [-0.05, 0) is 48.9 Å². The van der Waals surface area contributed by atoms with E-state index in [1.807, 2.05) is 0 Å². The molecule has 0 aromatic heterocycles. The Morgan fingerprint density at radius 3 is 2.24 bits per heavy atom. The second-order valence-electron chi connectivity index (χ2n) is 4.37. The zero-order valence-electron chi connectivity index (χ0n) is 11.2. The molecule has 0 saturated carbocycles. The van der Waals surface area contributed by atoms with Crippen molar-refractivity contribution in [2.75, 3.05) is 5.73 Å². The molecule has 0 aliphatic rings. The van der Waals surface area contributed by atoms with Gasteiger partial charge in [0.15, 0.2) is 0 Å². The predicted octanol–water partition coefficient (Wildman–Crippen LogP) is 2.73. The van der Waals surface area contributed by atoms with Gasteiger partial charge in [-0.3, -0.25) is 0 Å². The summed E-state index contributed by atoms with van der Waals surface area (Å²) in [4.78, 5) is 2.37. The Morgan fingerprint density at radius 1 is 1.10 bits per heavy atom. The summed E-state index contributed by atoms with van der Waals surface area (Å²) < 4.78 is 25.0. The molecule has 0 radical (unpaired) electrons. The molecule has 2 aromatic rings. The lowest BCUT2D eigenvalue weighted by atomic mass is 10.1. The highest BCUT2D eigenvalue weighted by Crippen LogP contribution is 2.14. The number of anilines is 1. The van der Waals surface area contributed by atoms with E-state index >= 15 is 0 Å². The average Bonchev–Trinajstić information content (AvgIpc) is 2.46. The topological polar surface area (TPSA) is 84.5 Å². The van der Waals surface area contributed by atoms with Gasteiger partial charge in [0.25, 0.3) is 10.0 Å². The minimum atomic E-state index is -3.67. The van der Waals surface area contributed by atoms with Gasteiger partial charge in [0.05, 0.1) is 10.6 Å². The normalized spacial score (nSPS) is 12.2. The highest BCUT2D eigenvalue weighted by atomic mass is 79.9. The Balaban J connectivity index is 2.18. The zero-order valence-corrected chi connectivity index (χ0v) is 13.6. The van der Waals surface area contributed by atoms with E-state index in [1.54, 1.807) is 43.3 Å². The van der Waals surface area contributed by atoms with Crippen molar-refractivity contribution < 1.29 is 8.42 Å². The number of nitrogen functional groups attached to an aromatic ring is 1. The molecule has 0 bridgehead atoms. The Hall–Kier alpha value is -1.86. The lowest BCUT2D eigenvalue weighted by Gasteiger charge is -2.06. The molecule has 0 saturated heterocycles. The first-order valence-corrected chi connectivity index (χ1v) is 8.34. The van der Waals surface area contributed by atoms with E-state index in [2.05, 4.69) is 25.9 Å². The molecule has 2 rings (SSSR count). The molecule has 7 heteroatoms. The first-order chi connectivity index (χ1) is 9.88. The summed E-state index contributed by atoms with van der Waals surface area (Å²) in [5.41, 5.74) is 7.59. The third-order valence-corrected chi connectivity index (χ3v) is 4.54. The molecule has 0 aliphatic heterocycles. The van der Waals surface area contributed by atoms with Crippen LogP contribution in [0.4, 0.5) is 5.69 Å². The van der Waals surface area contributed by atoms with Crippen molar-refractivity contribution in [3.8, 4) is 0 Å². The largest absolute Gasteiger partial charge is 0.399 e. The number of benzene rings is 2. The first-order valence-electron chi connectivity index (χ1n) is 6.06.